The lowest BCUT2D eigenvalue weighted by Gasteiger charge is -2.26. The molecule has 0 fully saturated rings. The number of aryl methyl sites for hydroxylation is 2. The molecule has 0 aliphatic heterocycles. The molecule has 1 aliphatic rings. The van der Waals surface area contributed by atoms with Crippen LogP contribution in [-0.2, 0) is 17.8 Å². The molecule has 1 heterocycles. The van der Waals surface area contributed by atoms with Gasteiger partial charge in [-0.05, 0) is 36.5 Å². The smallest absolute Gasteiger partial charge is 0.222 e. The van der Waals surface area contributed by atoms with Crippen LogP contribution in [0.25, 0.3) is 0 Å². The topological polar surface area (TPSA) is 46.9 Å². The molecule has 1 aromatic carbocycles. The molecule has 4 heteroatoms. The summed E-state index contributed by atoms with van der Waals surface area (Å²) >= 11 is 0. The highest BCUT2D eigenvalue weighted by Crippen LogP contribution is 2.29. The number of amides is 1. The Morgan fingerprint density at radius 2 is 2.25 bits per heavy atom. The van der Waals surface area contributed by atoms with E-state index in [-0.39, 0.29) is 11.9 Å². The first kappa shape index (κ1) is 12.9. The number of hydrogen-bond acceptors (Lipinski definition) is 2. The van der Waals surface area contributed by atoms with Crippen molar-refractivity contribution in [2.75, 3.05) is 0 Å². The summed E-state index contributed by atoms with van der Waals surface area (Å²) in [4.78, 5) is 12.1. The summed E-state index contributed by atoms with van der Waals surface area (Å²) in [5.41, 5.74) is 2.65. The second-order valence-electron chi connectivity index (χ2n) is 5.23. The Bertz CT molecular complexity index is 577. The average molecular weight is 269 g/mol. The van der Waals surface area contributed by atoms with Crippen LogP contribution >= 0.6 is 0 Å². The third-order valence-corrected chi connectivity index (χ3v) is 3.83. The maximum Gasteiger partial charge on any atom is 0.222 e. The van der Waals surface area contributed by atoms with E-state index in [0.717, 1.165) is 19.3 Å². The Labute approximate surface area is 118 Å². The number of fused-ring (bicyclic) bond motifs is 1. The molecular weight excluding hydrogens is 250 g/mol. The van der Waals surface area contributed by atoms with Crippen molar-refractivity contribution in [2.24, 2.45) is 0 Å². The monoisotopic (exact) mass is 269 g/mol. The van der Waals surface area contributed by atoms with Crippen molar-refractivity contribution in [3.63, 3.8) is 0 Å². The molecule has 4 nitrogen and oxygen atoms in total. The number of nitrogens with one attached hydrogen (secondary N) is 1. The first-order valence-electron chi connectivity index (χ1n) is 7.17. The largest absolute Gasteiger partial charge is 0.349 e. The average Bonchev–Trinajstić information content (AvgIpc) is 2.99. The number of nitrogens with zero attached hydrogens (tertiary/aromatic N) is 2. The van der Waals surface area contributed by atoms with Crippen LogP contribution in [0, 0.1) is 0 Å². The zero-order chi connectivity index (χ0) is 13.8. The summed E-state index contributed by atoms with van der Waals surface area (Å²) in [6, 6.07) is 10.5. The number of carbonyl (C=O) groups is 1. The Balaban J connectivity index is 1.59. The summed E-state index contributed by atoms with van der Waals surface area (Å²) in [5, 5.41) is 7.27. The third kappa shape index (κ3) is 2.90. The molecule has 1 N–H and O–H groups in total. The second kappa shape index (κ2) is 5.90. The predicted molar refractivity (Wildman–Crippen MR) is 77.1 cm³/mol. The van der Waals surface area contributed by atoms with Gasteiger partial charge in [0.05, 0.1) is 6.04 Å². The maximum absolute atomic E-state index is 12.1. The van der Waals surface area contributed by atoms with E-state index in [9.17, 15) is 4.79 Å². The summed E-state index contributed by atoms with van der Waals surface area (Å²) in [5.74, 6) is 0.0993. The van der Waals surface area contributed by atoms with Gasteiger partial charge in [-0.15, -0.1) is 0 Å². The Hall–Kier alpha value is -2.10. The molecule has 1 amide bonds. The summed E-state index contributed by atoms with van der Waals surface area (Å²) in [6.07, 6.45) is 7.38. The highest BCUT2D eigenvalue weighted by Gasteiger charge is 2.20. The SMILES string of the molecule is O=C(CCn1cccn1)N[C@H]1CCCc2ccccc21. The fourth-order valence-corrected chi connectivity index (χ4v) is 2.82. The Morgan fingerprint density at radius 3 is 3.10 bits per heavy atom. The third-order valence-electron chi connectivity index (χ3n) is 3.83. The quantitative estimate of drug-likeness (QED) is 0.927. The number of carbonyl (C=O) groups excluding carboxylic acids is 1. The van der Waals surface area contributed by atoms with E-state index in [1.807, 2.05) is 18.3 Å². The van der Waals surface area contributed by atoms with Gasteiger partial charge in [-0.3, -0.25) is 9.48 Å². The first-order chi connectivity index (χ1) is 9.83. The van der Waals surface area contributed by atoms with Crippen molar-refractivity contribution in [2.45, 2.75) is 38.3 Å². The number of rotatable bonds is 4. The maximum atomic E-state index is 12.1. The molecule has 0 bridgehead atoms. The van der Waals surface area contributed by atoms with Crippen LogP contribution in [0.1, 0.15) is 36.4 Å². The van der Waals surface area contributed by atoms with Crippen LogP contribution in [0.4, 0.5) is 0 Å². The van der Waals surface area contributed by atoms with Gasteiger partial charge in [0.1, 0.15) is 0 Å². The van der Waals surface area contributed by atoms with Crippen molar-refractivity contribution in [1.82, 2.24) is 15.1 Å². The highest BCUT2D eigenvalue weighted by atomic mass is 16.1. The van der Waals surface area contributed by atoms with Gasteiger partial charge in [-0.25, -0.2) is 0 Å². The van der Waals surface area contributed by atoms with Gasteiger partial charge in [0.25, 0.3) is 0 Å². The van der Waals surface area contributed by atoms with Gasteiger partial charge in [-0.2, -0.15) is 5.10 Å². The fraction of sp³-hybridized carbons (Fsp3) is 0.375. The van der Waals surface area contributed by atoms with Crippen LogP contribution in [0.15, 0.2) is 42.7 Å². The minimum atomic E-state index is 0.0993. The predicted octanol–water partition coefficient (Wildman–Crippen LogP) is 2.47. The van der Waals surface area contributed by atoms with E-state index in [1.165, 1.54) is 11.1 Å². The van der Waals surface area contributed by atoms with Crippen molar-refractivity contribution in [3.8, 4) is 0 Å². The van der Waals surface area contributed by atoms with E-state index in [0.29, 0.717) is 13.0 Å². The molecule has 104 valence electrons. The summed E-state index contributed by atoms with van der Waals surface area (Å²) < 4.78 is 1.79. The molecule has 1 aromatic heterocycles. The molecule has 1 aliphatic carbocycles. The van der Waals surface area contributed by atoms with Gasteiger partial charge in [0, 0.05) is 25.4 Å². The number of aromatic nitrogens is 2. The van der Waals surface area contributed by atoms with Crippen LogP contribution in [-0.4, -0.2) is 15.7 Å². The normalized spacial score (nSPS) is 17.5. The molecular formula is C16H19N3O. The zero-order valence-electron chi connectivity index (χ0n) is 11.5. The molecule has 3 rings (SSSR count). The minimum Gasteiger partial charge on any atom is -0.349 e. The van der Waals surface area contributed by atoms with Crippen LogP contribution in [0.5, 0.6) is 0 Å². The molecule has 0 saturated carbocycles. The lowest BCUT2D eigenvalue weighted by molar-refractivity contribution is -0.122. The lowest BCUT2D eigenvalue weighted by Crippen LogP contribution is -2.31. The molecule has 20 heavy (non-hydrogen) atoms. The zero-order valence-corrected chi connectivity index (χ0v) is 11.5. The minimum absolute atomic E-state index is 0.0993. The van der Waals surface area contributed by atoms with E-state index in [4.69, 9.17) is 0 Å². The van der Waals surface area contributed by atoms with E-state index in [2.05, 4.69) is 28.6 Å². The van der Waals surface area contributed by atoms with E-state index < -0.39 is 0 Å². The molecule has 0 saturated heterocycles. The van der Waals surface area contributed by atoms with Crippen LogP contribution in [0.2, 0.25) is 0 Å². The van der Waals surface area contributed by atoms with Crippen molar-refractivity contribution in [3.05, 3.63) is 53.9 Å². The molecule has 0 radical (unpaired) electrons. The van der Waals surface area contributed by atoms with Crippen LogP contribution in [0.3, 0.4) is 0 Å². The standard InChI is InChI=1S/C16H19N3O/c20-16(9-12-19-11-4-10-17-19)18-15-8-3-6-13-5-1-2-7-14(13)15/h1-2,4-5,7,10-11,15H,3,6,8-9,12H2,(H,18,20)/t15-/m0/s1. The van der Waals surface area contributed by atoms with Gasteiger partial charge in [0.2, 0.25) is 5.91 Å². The van der Waals surface area contributed by atoms with E-state index in [1.54, 1.807) is 10.9 Å². The molecule has 1 atom stereocenters. The van der Waals surface area contributed by atoms with Crippen molar-refractivity contribution < 1.29 is 4.79 Å². The summed E-state index contributed by atoms with van der Waals surface area (Å²) in [7, 11) is 0. The Kier molecular flexibility index (Phi) is 3.81. The molecule has 2 aromatic rings. The van der Waals surface area contributed by atoms with Gasteiger partial charge in [-0.1, -0.05) is 24.3 Å². The van der Waals surface area contributed by atoms with Crippen molar-refractivity contribution in [1.29, 1.82) is 0 Å². The van der Waals surface area contributed by atoms with E-state index >= 15 is 0 Å². The second-order valence-corrected chi connectivity index (χ2v) is 5.23. The van der Waals surface area contributed by atoms with Gasteiger partial charge in [0.15, 0.2) is 0 Å². The van der Waals surface area contributed by atoms with Gasteiger partial charge >= 0.3 is 0 Å². The van der Waals surface area contributed by atoms with Crippen molar-refractivity contribution >= 4 is 5.91 Å². The van der Waals surface area contributed by atoms with Gasteiger partial charge < -0.3 is 5.32 Å². The number of hydrogen-bond donors (Lipinski definition) is 1. The summed E-state index contributed by atoms with van der Waals surface area (Å²) in [6.45, 7) is 0.632. The molecule has 0 unspecified atom stereocenters. The molecule has 0 spiro atoms. The highest BCUT2D eigenvalue weighted by molar-refractivity contribution is 5.76. The lowest BCUT2D eigenvalue weighted by atomic mass is 9.88. The fourth-order valence-electron chi connectivity index (χ4n) is 2.82. The van der Waals surface area contributed by atoms with Crippen LogP contribution < -0.4 is 5.32 Å². The first-order valence-corrected chi connectivity index (χ1v) is 7.17. The number of benzene rings is 1. The Morgan fingerprint density at radius 1 is 1.35 bits per heavy atom.